The van der Waals surface area contributed by atoms with Crippen molar-refractivity contribution in [1.82, 2.24) is 0 Å². The van der Waals surface area contributed by atoms with Crippen LogP contribution in [0.1, 0.15) is 19.3 Å². The largest absolute Gasteiger partial charge is 0.299 e. The molecule has 1 nitrogen and oxygen atoms in total. The van der Waals surface area contributed by atoms with Crippen LogP contribution in [0.5, 0.6) is 0 Å². The van der Waals surface area contributed by atoms with Crippen molar-refractivity contribution in [3.8, 4) is 0 Å². The zero-order chi connectivity index (χ0) is 11.8. The maximum Gasteiger partial charge on any atom is 0.143 e. The Bertz CT molecular complexity index is 363. The van der Waals surface area contributed by atoms with Crippen LogP contribution in [-0.4, -0.2) is 11.5 Å². The van der Waals surface area contributed by atoms with Gasteiger partial charge >= 0.3 is 0 Å². The third-order valence-corrected chi connectivity index (χ3v) is 3.20. The van der Waals surface area contributed by atoms with E-state index in [4.69, 9.17) is 0 Å². The van der Waals surface area contributed by atoms with Gasteiger partial charge in [0, 0.05) is 11.3 Å². The maximum absolute atomic E-state index is 13.2. The second-order valence-corrected chi connectivity index (χ2v) is 4.46. The zero-order valence-corrected chi connectivity index (χ0v) is 9.93. The molecular formula is C13H15FOS. The number of rotatable bonds is 7. The SMILES string of the molecule is C=CCCCC(=O)CSc1ccccc1F. The van der Waals surface area contributed by atoms with E-state index in [-0.39, 0.29) is 11.6 Å². The molecular weight excluding hydrogens is 223 g/mol. The molecule has 1 rings (SSSR count). The van der Waals surface area contributed by atoms with E-state index in [9.17, 15) is 9.18 Å². The van der Waals surface area contributed by atoms with Gasteiger partial charge in [0.25, 0.3) is 0 Å². The van der Waals surface area contributed by atoms with Crippen molar-refractivity contribution in [2.75, 3.05) is 5.75 Å². The smallest absolute Gasteiger partial charge is 0.143 e. The first-order valence-corrected chi connectivity index (χ1v) is 6.22. The van der Waals surface area contributed by atoms with Crippen molar-refractivity contribution in [3.05, 3.63) is 42.7 Å². The average molecular weight is 238 g/mol. The number of halogens is 1. The lowest BCUT2D eigenvalue weighted by Gasteiger charge is -2.02. The Morgan fingerprint density at radius 1 is 1.44 bits per heavy atom. The Kier molecular flexibility index (Phi) is 5.86. The van der Waals surface area contributed by atoms with Gasteiger partial charge in [-0.2, -0.15) is 0 Å². The number of allylic oxidation sites excluding steroid dienone is 1. The third-order valence-electron chi connectivity index (χ3n) is 2.09. The van der Waals surface area contributed by atoms with Gasteiger partial charge in [0.2, 0.25) is 0 Å². The molecule has 1 aromatic rings. The Morgan fingerprint density at radius 3 is 2.88 bits per heavy atom. The first-order chi connectivity index (χ1) is 7.74. The Labute approximate surface area is 99.7 Å². The van der Waals surface area contributed by atoms with Gasteiger partial charge in [-0.1, -0.05) is 18.2 Å². The van der Waals surface area contributed by atoms with Gasteiger partial charge in [0.1, 0.15) is 11.6 Å². The summed E-state index contributed by atoms with van der Waals surface area (Å²) < 4.78 is 13.2. The predicted molar refractivity (Wildman–Crippen MR) is 66.2 cm³/mol. The van der Waals surface area contributed by atoms with E-state index in [1.54, 1.807) is 24.3 Å². The molecule has 0 aliphatic heterocycles. The van der Waals surface area contributed by atoms with E-state index in [1.165, 1.54) is 17.8 Å². The molecule has 0 fully saturated rings. The van der Waals surface area contributed by atoms with Crippen LogP contribution >= 0.6 is 11.8 Å². The Balaban J connectivity index is 2.31. The molecule has 3 heteroatoms. The minimum absolute atomic E-state index is 0.162. The van der Waals surface area contributed by atoms with Crippen LogP contribution in [0.2, 0.25) is 0 Å². The summed E-state index contributed by atoms with van der Waals surface area (Å²) >= 11 is 1.26. The Hall–Kier alpha value is -1.09. The molecule has 0 saturated carbocycles. The molecule has 0 aromatic heterocycles. The van der Waals surface area contributed by atoms with Crippen LogP contribution in [0.15, 0.2) is 41.8 Å². The minimum Gasteiger partial charge on any atom is -0.299 e. The summed E-state index contributed by atoms with van der Waals surface area (Å²) in [5.74, 6) is 0.249. The highest BCUT2D eigenvalue weighted by molar-refractivity contribution is 8.00. The van der Waals surface area contributed by atoms with E-state index in [2.05, 4.69) is 6.58 Å². The van der Waals surface area contributed by atoms with E-state index in [0.29, 0.717) is 17.1 Å². The molecule has 0 spiro atoms. The lowest BCUT2D eigenvalue weighted by Crippen LogP contribution is -2.01. The van der Waals surface area contributed by atoms with Gasteiger partial charge in [0.05, 0.1) is 5.75 Å². The fourth-order valence-electron chi connectivity index (χ4n) is 1.24. The molecule has 0 radical (unpaired) electrons. The second kappa shape index (κ2) is 7.23. The predicted octanol–water partition coefficient (Wildman–Crippen LogP) is 3.84. The first kappa shape index (κ1) is 13.0. The molecule has 0 bridgehead atoms. The topological polar surface area (TPSA) is 17.1 Å². The molecule has 0 heterocycles. The van der Waals surface area contributed by atoms with Gasteiger partial charge < -0.3 is 0 Å². The van der Waals surface area contributed by atoms with Crippen LogP contribution in [0, 0.1) is 5.82 Å². The van der Waals surface area contributed by atoms with Crippen LogP contribution in [-0.2, 0) is 4.79 Å². The molecule has 0 unspecified atom stereocenters. The fraction of sp³-hybridized carbons (Fsp3) is 0.308. The number of carbonyl (C=O) groups excluding carboxylic acids is 1. The summed E-state index contributed by atoms with van der Waals surface area (Å²) in [6.07, 6.45) is 4.04. The summed E-state index contributed by atoms with van der Waals surface area (Å²) in [5.41, 5.74) is 0. The lowest BCUT2D eigenvalue weighted by atomic mass is 10.2. The van der Waals surface area contributed by atoms with Gasteiger partial charge in [-0.15, -0.1) is 18.3 Å². The van der Waals surface area contributed by atoms with Crippen molar-refractivity contribution in [3.63, 3.8) is 0 Å². The molecule has 0 saturated heterocycles. The Morgan fingerprint density at radius 2 is 2.19 bits per heavy atom. The molecule has 0 aliphatic carbocycles. The van der Waals surface area contributed by atoms with E-state index in [1.807, 2.05) is 0 Å². The highest BCUT2D eigenvalue weighted by Gasteiger charge is 2.05. The van der Waals surface area contributed by atoms with Crippen LogP contribution < -0.4 is 0 Å². The summed E-state index contributed by atoms with van der Waals surface area (Å²) in [6, 6.07) is 6.51. The van der Waals surface area contributed by atoms with Crippen molar-refractivity contribution >= 4 is 17.5 Å². The number of unbranched alkanes of at least 4 members (excludes halogenated alkanes) is 1. The molecule has 16 heavy (non-hydrogen) atoms. The summed E-state index contributed by atoms with van der Waals surface area (Å²) in [4.78, 5) is 12.0. The van der Waals surface area contributed by atoms with Crippen molar-refractivity contribution < 1.29 is 9.18 Å². The van der Waals surface area contributed by atoms with Gasteiger partial charge in [-0.05, 0) is 25.0 Å². The molecule has 0 N–H and O–H groups in total. The monoisotopic (exact) mass is 238 g/mol. The van der Waals surface area contributed by atoms with Gasteiger partial charge in [-0.25, -0.2) is 4.39 Å². The van der Waals surface area contributed by atoms with Crippen molar-refractivity contribution in [1.29, 1.82) is 0 Å². The van der Waals surface area contributed by atoms with Crippen LogP contribution in [0.25, 0.3) is 0 Å². The number of hydrogen-bond acceptors (Lipinski definition) is 2. The fourth-order valence-corrected chi connectivity index (χ4v) is 2.08. The minimum atomic E-state index is -0.258. The van der Waals surface area contributed by atoms with Crippen LogP contribution in [0.4, 0.5) is 4.39 Å². The number of ketones is 1. The summed E-state index contributed by atoms with van der Waals surface area (Å²) in [6.45, 7) is 3.60. The number of thioether (sulfide) groups is 1. The van der Waals surface area contributed by atoms with E-state index < -0.39 is 0 Å². The second-order valence-electron chi connectivity index (χ2n) is 3.44. The van der Waals surface area contributed by atoms with E-state index in [0.717, 1.165) is 12.8 Å². The maximum atomic E-state index is 13.2. The molecule has 86 valence electrons. The van der Waals surface area contributed by atoms with Crippen molar-refractivity contribution in [2.45, 2.75) is 24.2 Å². The lowest BCUT2D eigenvalue weighted by molar-refractivity contribution is -0.116. The average Bonchev–Trinajstić information content (AvgIpc) is 2.28. The first-order valence-electron chi connectivity index (χ1n) is 5.24. The summed E-state index contributed by atoms with van der Waals surface area (Å²) in [7, 11) is 0. The number of hydrogen-bond donors (Lipinski definition) is 0. The van der Waals surface area contributed by atoms with Gasteiger partial charge in [-0.3, -0.25) is 4.79 Å². The quantitative estimate of drug-likeness (QED) is 0.408. The summed E-state index contributed by atoms with van der Waals surface area (Å²) in [5, 5.41) is 0. The molecule has 0 aliphatic rings. The highest BCUT2D eigenvalue weighted by Crippen LogP contribution is 2.21. The van der Waals surface area contributed by atoms with Gasteiger partial charge in [0.15, 0.2) is 0 Å². The standard InChI is InChI=1S/C13H15FOS/c1-2-3-4-7-11(15)10-16-13-9-6-5-8-12(13)14/h2,5-6,8-9H,1,3-4,7,10H2. The molecule has 1 aromatic carbocycles. The van der Waals surface area contributed by atoms with Crippen LogP contribution in [0.3, 0.4) is 0 Å². The molecule has 0 amide bonds. The number of carbonyl (C=O) groups is 1. The third kappa shape index (κ3) is 4.62. The normalized spacial score (nSPS) is 10.1. The number of Topliss-reactive ketones (excluding diaryl/α,β-unsaturated/α-hetero) is 1. The zero-order valence-electron chi connectivity index (χ0n) is 9.12. The van der Waals surface area contributed by atoms with E-state index >= 15 is 0 Å². The van der Waals surface area contributed by atoms with Crippen molar-refractivity contribution in [2.24, 2.45) is 0 Å². The highest BCUT2D eigenvalue weighted by atomic mass is 32.2. The molecule has 0 atom stereocenters. The number of benzene rings is 1.